The van der Waals surface area contributed by atoms with E-state index in [4.69, 9.17) is 9.15 Å². The third-order valence-corrected chi connectivity index (χ3v) is 4.38. The Hall–Kier alpha value is -3.74. The van der Waals surface area contributed by atoms with Gasteiger partial charge in [0, 0.05) is 32.4 Å². The van der Waals surface area contributed by atoms with Crippen molar-refractivity contribution in [3.8, 4) is 5.75 Å². The fourth-order valence-corrected chi connectivity index (χ4v) is 2.73. The summed E-state index contributed by atoms with van der Waals surface area (Å²) in [5.41, 5.74) is 1.59. The number of furan rings is 1. The van der Waals surface area contributed by atoms with E-state index in [-0.39, 0.29) is 18.5 Å². The number of benzene rings is 2. The van der Waals surface area contributed by atoms with Gasteiger partial charge in [0.2, 0.25) is 0 Å². The molecule has 156 valence electrons. The second-order valence-electron chi connectivity index (χ2n) is 6.96. The molecule has 1 N–H and O–H groups in total. The molecule has 30 heavy (non-hydrogen) atoms. The summed E-state index contributed by atoms with van der Waals surface area (Å²) in [4.78, 5) is 27.8. The molecule has 1 aromatic heterocycles. The van der Waals surface area contributed by atoms with E-state index in [9.17, 15) is 9.59 Å². The Bertz CT molecular complexity index is 956. The molecule has 3 rings (SSSR count). The molecule has 0 atom stereocenters. The summed E-state index contributed by atoms with van der Waals surface area (Å²) in [5.74, 6) is 1.06. The Kier molecular flexibility index (Phi) is 7.10. The number of likely N-dealkylation sites (N-methyl/N-ethyl adjacent to an activating group) is 1. The standard InChI is InChI=1S/C23H25N3O4/c1-25(2)22(27)17-30-20-11-6-10-19(14-20)24-23(28)26(16-21-12-7-13-29-21)15-18-8-4-3-5-9-18/h3-14H,15-17H2,1-2H3,(H,24,28). The zero-order valence-electron chi connectivity index (χ0n) is 17.1. The number of nitrogens with zero attached hydrogens (tertiary/aromatic N) is 2. The lowest BCUT2D eigenvalue weighted by atomic mass is 10.2. The molecular weight excluding hydrogens is 382 g/mol. The zero-order valence-corrected chi connectivity index (χ0v) is 17.1. The maximum atomic E-state index is 13.0. The molecule has 2 aromatic carbocycles. The average Bonchev–Trinajstić information content (AvgIpc) is 3.25. The number of urea groups is 1. The second kappa shape index (κ2) is 10.2. The highest BCUT2D eigenvalue weighted by Gasteiger charge is 2.16. The summed E-state index contributed by atoms with van der Waals surface area (Å²) in [6.07, 6.45) is 1.59. The third-order valence-electron chi connectivity index (χ3n) is 4.38. The molecule has 7 heteroatoms. The molecule has 3 amide bonds. The number of carbonyl (C=O) groups excluding carboxylic acids is 2. The first-order chi connectivity index (χ1) is 14.5. The number of hydrogen-bond acceptors (Lipinski definition) is 4. The van der Waals surface area contributed by atoms with Crippen LogP contribution in [0.15, 0.2) is 77.4 Å². The van der Waals surface area contributed by atoms with Crippen molar-refractivity contribution in [2.75, 3.05) is 26.0 Å². The largest absolute Gasteiger partial charge is 0.484 e. The summed E-state index contributed by atoms with van der Waals surface area (Å²) in [6, 6.07) is 20.1. The van der Waals surface area contributed by atoms with Gasteiger partial charge in [-0.1, -0.05) is 36.4 Å². The molecule has 0 aliphatic heterocycles. The van der Waals surface area contributed by atoms with Gasteiger partial charge >= 0.3 is 6.03 Å². The molecule has 0 aliphatic carbocycles. The Balaban J connectivity index is 1.68. The van der Waals surface area contributed by atoms with Crippen LogP contribution < -0.4 is 10.1 Å². The number of nitrogens with one attached hydrogen (secondary N) is 1. The lowest BCUT2D eigenvalue weighted by Crippen LogP contribution is -2.34. The molecule has 0 bridgehead atoms. The van der Waals surface area contributed by atoms with Crippen LogP contribution in [0.2, 0.25) is 0 Å². The van der Waals surface area contributed by atoms with Gasteiger partial charge in [0.25, 0.3) is 5.91 Å². The summed E-state index contributed by atoms with van der Waals surface area (Å²) in [7, 11) is 3.34. The number of hydrogen-bond donors (Lipinski definition) is 1. The van der Waals surface area contributed by atoms with Gasteiger partial charge in [-0.3, -0.25) is 4.79 Å². The van der Waals surface area contributed by atoms with Crippen LogP contribution in [0.1, 0.15) is 11.3 Å². The predicted molar refractivity (Wildman–Crippen MR) is 114 cm³/mol. The van der Waals surface area contributed by atoms with Crippen molar-refractivity contribution in [1.29, 1.82) is 0 Å². The van der Waals surface area contributed by atoms with E-state index < -0.39 is 0 Å². The lowest BCUT2D eigenvalue weighted by Gasteiger charge is -2.22. The van der Waals surface area contributed by atoms with Crippen LogP contribution in [0.4, 0.5) is 10.5 Å². The first-order valence-corrected chi connectivity index (χ1v) is 9.56. The van der Waals surface area contributed by atoms with Gasteiger partial charge in [0.15, 0.2) is 6.61 Å². The maximum Gasteiger partial charge on any atom is 0.322 e. The molecule has 0 saturated carbocycles. The number of ether oxygens (including phenoxy) is 1. The minimum Gasteiger partial charge on any atom is -0.484 e. The highest BCUT2D eigenvalue weighted by atomic mass is 16.5. The Labute approximate surface area is 175 Å². The summed E-state index contributed by atoms with van der Waals surface area (Å²) < 4.78 is 10.9. The number of anilines is 1. The molecule has 7 nitrogen and oxygen atoms in total. The second-order valence-corrected chi connectivity index (χ2v) is 6.96. The number of carbonyl (C=O) groups is 2. The smallest absolute Gasteiger partial charge is 0.322 e. The van der Waals surface area contributed by atoms with Gasteiger partial charge in [0.05, 0.1) is 12.8 Å². The lowest BCUT2D eigenvalue weighted by molar-refractivity contribution is -0.130. The molecule has 0 saturated heterocycles. The minimum atomic E-state index is -0.267. The Morgan fingerprint density at radius 2 is 1.77 bits per heavy atom. The van der Waals surface area contributed by atoms with Crippen molar-refractivity contribution in [3.63, 3.8) is 0 Å². The molecule has 0 radical (unpaired) electrons. The van der Waals surface area contributed by atoms with Gasteiger partial charge in [-0.15, -0.1) is 0 Å². The molecular formula is C23H25N3O4. The molecule has 0 aliphatic rings. The van der Waals surface area contributed by atoms with Crippen LogP contribution in [0.25, 0.3) is 0 Å². The molecule has 3 aromatic rings. The van der Waals surface area contributed by atoms with Crippen molar-refractivity contribution < 1.29 is 18.7 Å². The van der Waals surface area contributed by atoms with Crippen LogP contribution >= 0.6 is 0 Å². The summed E-state index contributed by atoms with van der Waals surface area (Å²) >= 11 is 0. The van der Waals surface area contributed by atoms with Crippen molar-refractivity contribution in [2.45, 2.75) is 13.1 Å². The van der Waals surface area contributed by atoms with E-state index >= 15 is 0 Å². The predicted octanol–water partition coefficient (Wildman–Crippen LogP) is 3.98. The van der Waals surface area contributed by atoms with Crippen LogP contribution in [0, 0.1) is 0 Å². The summed E-state index contributed by atoms with van der Waals surface area (Å²) in [6.45, 7) is 0.700. The topological polar surface area (TPSA) is 75.0 Å². The van der Waals surface area contributed by atoms with Crippen molar-refractivity contribution in [1.82, 2.24) is 9.80 Å². The van der Waals surface area contributed by atoms with E-state index in [0.717, 1.165) is 5.56 Å². The molecule has 0 spiro atoms. The first-order valence-electron chi connectivity index (χ1n) is 9.56. The Morgan fingerprint density at radius 1 is 0.967 bits per heavy atom. The van der Waals surface area contributed by atoms with E-state index in [0.29, 0.717) is 30.3 Å². The highest BCUT2D eigenvalue weighted by molar-refractivity contribution is 5.89. The van der Waals surface area contributed by atoms with E-state index in [1.807, 2.05) is 36.4 Å². The van der Waals surface area contributed by atoms with Gasteiger partial charge in [-0.2, -0.15) is 0 Å². The molecule has 0 unspecified atom stereocenters. The van der Waals surface area contributed by atoms with Gasteiger partial charge < -0.3 is 24.3 Å². The van der Waals surface area contributed by atoms with Crippen LogP contribution in [0.5, 0.6) is 5.75 Å². The minimum absolute atomic E-state index is 0.0664. The number of amides is 3. The Morgan fingerprint density at radius 3 is 2.47 bits per heavy atom. The maximum absolute atomic E-state index is 13.0. The fraction of sp³-hybridized carbons (Fsp3) is 0.217. The van der Waals surface area contributed by atoms with Gasteiger partial charge in [-0.05, 0) is 29.8 Å². The molecule has 1 heterocycles. The third kappa shape index (κ3) is 6.13. The quantitative estimate of drug-likeness (QED) is 0.613. The van der Waals surface area contributed by atoms with Crippen LogP contribution in [-0.4, -0.2) is 42.4 Å². The normalized spacial score (nSPS) is 10.3. The van der Waals surface area contributed by atoms with E-state index in [1.165, 1.54) is 4.90 Å². The van der Waals surface area contributed by atoms with Gasteiger partial charge in [0.1, 0.15) is 11.5 Å². The van der Waals surface area contributed by atoms with Crippen LogP contribution in [0.3, 0.4) is 0 Å². The van der Waals surface area contributed by atoms with Crippen molar-refractivity contribution >= 4 is 17.6 Å². The number of rotatable bonds is 8. The van der Waals surface area contributed by atoms with Crippen molar-refractivity contribution in [2.24, 2.45) is 0 Å². The average molecular weight is 407 g/mol. The summed E-state index contributed by atoms with van der Waals surface area (Å²) in [5, 5.41) is 2.90. The highest BCUT2D eigenvalue weighted by Crippen LogP contribution is 2.19. The van der Waals surface area contributed by atoms with E-state index in [2.05, 4.69) is 5.32 Å². The fourth-order valence-electron chi connectivity index (χ4n) is 2.73. The monoisotopic (exact) mass is 407 g/mol. The first kappa shape index (κ1) is 21.0. The van der Waals surface area contributed by atoms with E-state index in [1.54, 1.807) is 55.6 Å². The van der Waals surface area contributed by atoms with Crippen molar-refractivity contribution in [3.05, 3.63) is 84.3 Å². The van der Waals surface area contributed by atoms with Crippen LogP contribution in [-0.2, 0) is 17.9 Å². The zero-order chi connectivity index (χ0) is 21.3. The SMILES string of the molecule is CN(C)C(=O)COc1cccc(NC(=O)N(Cc2ccccc2)Cc2ccco2)c1. The molecule has 0 fully saturated rings. The van der Waals surface area contributed by atoms with Gasteiger partial charge in [-0.25, -0.2) is 4.79 Å².